The lowest BCUT2D eigenvalue weighted by Crippen LogP contribution is -2.53. The van der Waals surface area contributed by atoms with E-state index in [2.05, 4.69) is 10.6 Å². The highest BCUT2D eigenvalue weighted by molar-refractivity contribution is 5.97. The van der Waals surface area contributed by atoms with Crippen LogP contribution in [-0.4, -0.2) is 110 Å². The van der Waals surface area contributed by atoms with Gasteiger partial charge in [-0.05, 0) is 58.7 Å². The number of fused-ring (bicyclic) bond motifs is 6. The van der Waals surface area contributed by atoms with E-state index in [1.54, 1.807) is 0 Å². The molecule has 0 saturated heterocycles. The molecule has 0 fully saturated rings. The molecule has 1 aliphatic heterocycles. The number of aliphatic hydroxyl groups excluding tert-OH is 1. The topological polar surface area (TPSA) is 231 Å². The maximum absolute atomic E-state index is 14.0. The van der Waals surface area contributed by atoms with Crippen LogP contribution >= 0.6 is 0 Å². The van der Waals surface area contributed by atoms with E-state index in [0.717, 1.165) is 20.6 Å². The molecule has 1 heterocycles. The first-order chi connectivity index (χ1) is 28.0. The summed E-state index contributed by atoms with van der Waals surface area (Å²) in [5.41, 5.74) is 1.60. The quantitative estimate of drug-likeness (QED) is 0.122. The van der Waals surface area contributed by atoms with Crippen LogP contribution in [0.3, 0.4) is 0 Å². The first kappa shape index (κ1) is 43.5. The number of aromatic hydroxyl groups is 2. The third kappa shape index (κ3) is 10.3. The van der Waals surface area contributed by atoms with Gasteiger partial charge in [0.2, 0.25) is 23.6 Å². The number of phenols is 2. The molecule has 310 valence electrons. The largest absolute Gasteiger partial charge is 0.507 e. The predicted octanol–water partition coefficient (Wildman–Crippen LogP) is 3.05. The van der Waals surface area contributed by atoms with Gasteiger partial charge in [-0.25, -0.2) is 4.79 Å². The van der Waals surface area contributed by atoms with E-state index in [1.165, 1.54) is 64.3 Å². The molecular formula is C44H48N4O11. The van der Waals surface area contributed by atoms with Crippen LogP contribution < -0.4 is 10.6 Å². The third-order valence-corrected chi connectivity index (χ3v) is 10.7. The van der Waals surface area contributed by atoms with Crippen LogP contribution in [0.15, 0.2) is 78.9 Å². The van der Waals surface area contributed by atoms with Crippen molar-refractivity contribution in [3.63, 3.8) is 0 Å². The Balaban J connectivity index is 1.28. The number of aliphatic hydroxyl groups is 1. The van der Waals surface area contributed by atoms with Gasteiger partial charge in [-0.1, -0.05) is 61.5 Å². The highest BCUT2D eigenvalue weighted by atomic mass is 16.4. The number of nitrogens with zero attached hydrogens (tertiary/aromatic N) is 2. The first-order valence-corrected chi connectivity index (χ1v) is 19.1. The second kappa shape index (κ2) is 18.8. The molecule has 0 unspecified atom stereocenters. The van der Waals surface area contributed by atoms with Crippen molar-refractivity contribution in [2.24, 2.45) is 5.92 Å². The zero-order valence-electron chi connectivity index (χ0n) is 33.2. The summed E-state index contributed by atoms with van der Waals surface area (Å²) < 4.78 is 0. The Morgan fingerprint density at radius 2 is 1.49 bits per heavy atom. The Labute approximate surface area is 340 Å². The molecule has 0 saturated carbocycles. The van der Waals surface area contributed by atoms with E-state index >= 15 is 0 Å². The second-order valence-electron chi connectivity index (χ2n) is 15.0. The number of hydrogen-bond donors (Lipinski definition) is 6. The summed E-state index contributed by atoms with van der Waals surface area (Å²) in [6.45, 7) is 2.15. The van der Waals surface area contributed by atoms with E-state index in [9.17, 15) is 54.0 Å². The molecule has 0 aromatic heterocycles. The fraction of sp³-hybridized carbons (Fsp3) is 0.341. The minimum atomic E-state index is -1.37. The number of carbonyl (C=O) groups is 7. The van der Waals surface area contributed by atoms with Crippen molar-refractivity contribution >= 4 is 51.9 Å². The smallest absolute Gasteiger partial charge is 0.326 e. The summed E-state index contributed by atoms with van der Waals surface area (Å²) in [4.78, 5) is 94.7. The molecular weight excluding hydrogens is 761 g/mol. The molecule has 4 aromatic carbocycles. The van der Waals surface area contributed by atoms with Gasteiger partial charge in [-0.2, -0.15) is 0 Å². The Morgan fingerprint density at radius 1 is 0.831 bits per heavy atom. The zero-order chi connectivity index (χ0) is 43.1. The van der Waals surface area contributed by atoms with Crippen molar-refractivity contribution in [3.8, 4) is 22.6 Å². The molecule has 4 amide bonds. The molecule has 4 bridgehead atoms. The summed E-state index contributed by atoms with van der Waals surface area (Å²) in [7, 11) is 2.73. The number of carbonyl (C=O) groups excluding carboxylic acids is 6. The van der Waals surface area contributed by atoms with Crippen LogP contribution in [-0.2, 0) is 46.4 Å². The van der Waals surface area contributed by atoms with Crippen LogP contribution in [0, 0.1) is 5.92 Å². The monoisotopic (exact) mass is 808 g/mol. The second-order valence-corrected chi connectivity index (χ2v) is 15.0. The third-order valence-electron chi connectivity index (χ3n) is 10.7. The summed E-state index contributed by atoms with van der Waals surface area (Å²) in [6, 6.07) is 16.5. The molecule has 0 spiro atoms. The molecule has 15 heteroatoms. The normalized spacial score (nSPS) is 17.8. The summed E-state index contributed by atoms with van der Waals surface area (Å²) >= 11 is 0. The standard InChI is InChI=1S/C44H48N4O11/c1-24-17-38(53)41(30-12-14-37(52)32(22-30)31-19-27(10-13-36(31)51)20-33(44(58)59)46-42(24)56)48(4)39(54)16-15-35(50)25(2)45-43(57)34(23-49)47(3)40(55)21-26-9-11-28-7-5-6-8-29(28)18-26/h5-14,18-19,22,24-25,33-34,41,49,51-52H,15-17,20-21,23H2,1-4H3,(H,45,57)(H,46,56)(H,58,59)/t24-,25-,33+,34-,41+/m1/s1. The number of nitrogens with one attached hydrogen (secondary N) is 2. The summed E-state index contributed by atoms with van der Waals surface area (Å²) in [5, 5.41) is 48.5. The molecule has 1 aliphatic rings. The van der Waals surface area contributed by atoms with Gasteiger partial charge in [0.25, 0.3) is 0 Å². The Hall–Kier alpha value is -6.61. The molecule has 0 aliphatic carbocycles. The number of Topliss-reactive ketones (excluding diaryl/α,β-unsaturated/α-hetero) is 2. The number of carboxylic acids is 1. The van der Waals surface area contributed by atoms with Crippen LogP contribution in [0.5, 0.6) is 11.5 Å². The Bertz CT molecular complexity index is 2290. The zero-order valence-corrected chi connectivity index (χ0v) is 33.2. The van der Waals surface area contributed by atoms with Gasteiger partial charge in [-0.15, -0.1) is 0 Å². The van der Waals surface area contributed by atoms with Crippen molar-refractivity contribution in [2.75, 3.05) is 20.7 Å². The number of phenolic OH excluding ortho intramolecular Hbond substituents is 2. The van der Waals surface area contributed by atoms with Gasteiger partial charge in [0, 0.05) is 56.8 Å². The molecule has 4 aromatic rings. The minimum absolute atomic E-state index is 0.0306. The van der Waals surface area contributed by atoms with Gasteiger partial charge < -0.3 is 40.9 Å². The van der Waals surface area contributed by atoms with Gasteiger partial charge in [0.15, 0.2) is 11.6 Å². The van der Waals surface area contributed by atoms with E-state index in [0.29, 0.717) is 11.1 Å². The Morgan fingerprint density at radius 3 is 2.17 bits per heavy atom. The molecule has 59 heavy (non-hydrogen) atoms. The van der Waals surface area contributed by atoms with Gasteiger partial charge in [0.05, 0.1) is 19.1 Å². The SMILES string of the molecule is C[C@@H]1CC(=O)[C@@H](N(C)C(=O)CCC(=O)[C@@H](C)NC(=O)[C@@H](CO)N(C)C(=O)Cc2ccc3ccccc3c2)c2ccc(O)c(c2)-c2cc(ccc2O)C[C@@H](C(=O)O)NC1=O. The van der Waals surface area contributed by atoms with E-state index in [-0.39, 0.29) is 47.5 Å². The van der Waals surface area contributed by atoms with Gasteiger partial charge >= 0.3 is 5.97 Å². The molecule has 0 radical (unpaired) electrons. The number of aliphatic carboxylic acids is 1. The number of hydrogen-bond acceptors (Lipinski definition) is 10. The lowest BCUT2D eigenvalue weighted by molar-refractivity contribution is -0.143. The van der Waals surface area contributed by atoms with Crippen molar-refractivity contribution in [3.05, 3.63) is 95.6 Å². The van der Waals surface area contributed by atoms with Gasteiger partial charge in [-0.3, -0.25) is 28.8 Å². The predicted molar refractivity (Wildman–Crippen MR) is 216 cm³/mol. The van der Waals surface area contributed by atoms with E-state index in [1.807, 2.05) is 42.5 Å². The summed E-state index contributed by atoms with van der Waals surface area (Å²) in [5.74, 6) is -6.54. The highest BCUT2D eigenvalue weighted by Gasteiger charge is 2.34. The number of ketones is 2. The van der Waals surface area contributed by atoms with Crippen LogP contribution in [0.4, 0.5) is 0 Å². The number of benzene rings is 4. The summed E-state index contributed by atoms with van der Waals surface area (Å²) in [6.07, 6.45) is -1.33. The van der Waals surface area contributed by atoms with Crippen LogP contribution in [0.25, 0.3) is 21.9 Å². The lowest BCUT2D eigenvalue weighted by Gasteiger charge is -2.30. The molecule has 5 atom stereocenters. The Kier molecular flexibility index (Phi) is 13.8. The van der Waals surface area contributed by atoms with Crippen LogP contribution in [0.1, 0.15) is 55.8 Å². The van der Waals surface area contributed by atoms with Crippen molar-refractivity contribution < 1.29 is 54.0 Å². The number of rotatable bonds is 12. The highest BCUT2D eigenvalue weighted by Crippen LogP contribution is 2.39. The maximum Gasteiger partial charge on any atom is 0.326 e. The van der Waals surface area contributed by atoms with Crippen LogP contribution in [0.2, 0.25) is 0 Å². The molecule has 5 rings (SSSR count). The number of likely N-dealkylation sites (N-methyl/N-ethyl adjacent to an activating group) is 2. The molecule has 15 nitrogen and oxygen atoms in total. The van der Waals surface area contributed by atoms with Gasteiger partial charge in [0.1, 0.15) is 29.6 Å². The fourth-order valence-corrected chi connectivity index (χ4v) is 7.11. The fourth-order valence-electron chi connectivity index (χ4n) is 7.11. The average molecular weight is 809 g/mol. The average Bonchev–Trinajstić information content (AvgIpc) is 3.20. The van der Waals surface area contributed by atoms with Crippen molar-refractivity contribution in [1.29, 1.82) is 0 Å². The van der Waals surface area contributed by atoms with Crippen molar-refractivity contribution in [1.82, 2.24) is 20.4 Å². The number of amides is 4. The molecule has 6 N–H and O–H groups in total. The van der Waals surface area contributed by atoms with E-state index < -0.39 is 90.7 Å². The minimum Gasteiger partial charge on any atom is -0.507 e. The number of carboxylic acid groups (broad SMARTS) is 1. The lowest BCUT2D eigenvalue weighted by atomic mass is 9.89. The van der Waals surface area contributed by atoms with Crippen molar-refractivity contribution in [2.45, 2.75) is 70.1 Å². The van der Waals surface area contributed by atoms with E-state index in [4.69, 9.17) is 0 Å². The first-order valence-electron chi connectivity index (χ1n) is 19.1. The maximum atomic E-state index is 14.0.